The van der Waals surface area contributed by atoms with Crippen molar-refractivity contribution in [3.05, 3.63) is 83.7 Å². The Kier molecular flexibility index (Phi) is 4.94. The Morgan fingerprint density at radius 2 is 1.86 bits per heavy atom. The number of halogens is 3. The molecule has 0 fully saturated rings. The molecule has 0 saturated heterocycles. The number of nitrogens with one attached hydrogen (secondary N) is 1. The van der Waals surface area contributed by atoms with E-state index in [0.717, 1.165) is 16.5 Å². The van der Waals surface area contributed by atoms with Gasteiger partial charge in [-0.05, 0) is 29.3 Å². The van der Waals surface area contributed by atoms with Gasteiger partial charge in [-0.1, -0.05) is 24.3 Å². The van der Waals surface area contributed by atoms with Crippen molar-refractivity contribution in [3.8, 4) is 0 Å². The van der Waals surface area contributed by atoms with Crippen LogP contribution in [0.2, 0.25) is 0 Å². The molecule has 1 aromatic carbocycles. The van der Waals surface area contributed by atoms with E-state index in [9.17, 15) is 18.3 Å². The van der Waals surface area contributed by atoms with Gasteiger partial charge in [0.05, 0.1) is 16.9 Å². The molecular formula is C19H15F3N4OS. The average molecular weight is 404 g/mol. The lowest BCUT2D eigenvalue weighted by molar-refractivity contribution is -0.139. The predicted octanol–water partition coefficient (Wildman–Crippen LogP) is 4.40. The van der Waals surface area contributed by atoms with Crippen molar-refractivity contribution in [3.63, 3.8) is 0 Å². The number of aliphatic hydroxyl groups is 1. The Balaban J connectivity index is 1.75. The lowest BCUT2D eigenvalue weighted by Gasteiger charge is -2.24. The second-order valence-electron chi connectivity index (χ2n) is 6.28. The summed E-state index contributed by atoms with van der Waals surface area (Å²) in [5.41, 5.74) is -0.116. The summed E-state index contributed by atoms with van der Waals surface area (Å²) in [7, 11) is 0. The van der Waals surface area contributed by atoms with Crippen LogP contribution in [0.1, 0.15) is 33.9 Å². The minimum atomic E-state index is -4.55. The standard InChI is InChI=1S/C19H15F3N4OS/c20-19(21,22)14-4-2-1-3-12(14)16(27)13-9-15(11-5-7-23-8-6-11)28-17(13)18-24-10-25-26-18/h1-10,13,16-17,27H,(H,24,25,26). The van der Waals surface area contributed by atoms with Gasteiger partial charge in [-0.15, -0.1) is 11.8 Å². The molecule has 1 aliphatic rings. The van der Waals surface area contributed by atoms with Crippen molar-refractivity contribution in [1.82, 2.24) is 20.2 Å². The molecule has 0 aliphatic carbocycles. The minimum Gasteiger partial charge on any atom is -0.388 e. The monoisotopic (exact) mass is 404 g/mol. The summed E-state index contributed by atoms with van der Waals surface area (Å²) < 4.78 is 40.3. The first-order valence-corrected chi connectivity index (χ1v) is 9.31. The van der Waals surface area contributed by atoms with Crippen molar-refractivity contribution in [2.24, 2.45) is 5.92 Å². The molecule has 2 aromatic heterocycles. The molecule has 0 bridgehead atoms. The van der Waals surface area contributed by atoms with Crippen LogP contribution in [-0.2, 0) is 6.18 Å². The first kappa shape index (κ1) is 18.7. The average Bonchev–Trinajstić information content (AvgIpc) is 3.37. The van der Waals surface area contributed by atoms with Crippen molar-refractivity contribution >= 4 is 16.7 Å². The number of pyridine rings is 1. The zero-order valence-electron chi connectivity index (χ0n) is 14.3. The van der Waals surface area contributed by atoms with Crippen LogP contribution in [0.4, 0.5) is 13.2 Å². The number of H-pyrrole nitrogens is 1. The molecule has 0 saturated carbocycles. The fraction of sp³-hybridized carbons (Fsp3) is 0.211. The summed E-state index contributed by atoms with van der Waals surface area (Å²) in [6.07, 6.45) is 0.507. The molecule has 4 rings (SSSR count). The molecule has 2 N–H and O–H groups in total. The zero-order chi connectivity index (χ0) is 19.7. The normalized spacial score (nSPS) is 20.8. The van der Waals surface area contributed by atoms with Gasteiger partial charge >= 0.3 is 6.18 Å². The van der Waals surface area contributed by atoms with Crippen LogP contribution in [0.3, 0.4) is 0 Å². The lowest BCUT2D eigenvalue weighted by Crippen LogP contribution is -2.19. The number of hydrogen-bond acceptors (Lipinski definition) is 5. The van der Waals surface area contributed by atoms with Gasteiger partial charge in [0.1, 0.15) is 12.2 Å². The van der Waals surface area contributed by atoms with E-state index in [2.05, 4.69) is 20.2 Å². The summed E-state index contributed by atoms with van der Waals surface area (Å²) in [6, 6.07) is 8.73. The first-order valence-electron chi connectivity index (χ1n) is 8.43. The van der Waals surface area contributed by atoms with E-state index in [4.69, 9.17) is 0 Å². The van der Waals surface area contributed by atoms with Crippen LogP contribution in [0.15, 0.2) is 61.2 Å². The number of benzene rings is 1. The van der Waals surface area contributed by atoms with Crippen LogP contribution in [0.25, 0.3) is 4.91 Å². The summed E-state index contributed by atoms with van der Waals surface area (Å²) in [5, 5.41) is 17.2. The quantitative estimate of drug-likeness (QED) is 0.674. The van der Waals surface area contributed by atoms with Crippen molar-refractivity contribution in [1.29, 1.82) is 0 Å². The largest absolute Gasteiger partial charge is 0.416 e. The SMILES string of the molecule is OC(c1ccccc1C(F)(F)F)C1C=C(c2ccncc2)SC1c1ncn[nH]1. The molecule has 9 heteroatoms. The van der Waals surface area contributed by atoms with Gasteiger partial charge in [-0.25, -0.2) is 4.98 Å². The highest BCUT2D eigenvalue weighted by molar-refractivity contribution is 8.08. The Bertz CT molecular complexity index is 976. The maximum atomic E-state index is 13.4. The van der Waals surface area contributed by atoms with Gasteiger partial charge in [0.25, 0.3) is 0 Å². The summed E-state index contributed by atoms with van der Waals surface area (Å²) in [6.45, 7) is 0. The molecule has 3 aromatic rings. The van der Waals surface area contributed by atoms with E-state index >= 15 is 0 Å². The van der Waals surface area contributed by atoms with Gasteiger partial charge < -0.3 is 5.11 Å². The van der Waals surface area contributed by atoms with Gasteiger partial charge in [0.2, 0.25) is 0 Å². The van der Waals surface area contributed by atoms with Gasteiger partial charge in [0.15, 0.2) is 0 Å². The highest BCUT2D eigenvalue weighted by Gasteiger charge is 2.41. The molecule has 0 radical (unpaired) electrons. The number of alkyl halides is 3. The number of rotatable bonds is 4. The minimum absolute atomic E-state index is 0.155. The molecular weight excluding hydrogens is 389 g/mol. The Hall–Kier alpha value is -2.65. The maximum absolute atomic E-state index is 13.4. The Morgan fingerprint density at radius 1 is 1.11 bits per heavy atom. The number of aromatic nitrogens is 4. The summed E-state index contributed by atoms with van der Waals surface area (Å²) in [5.74, 6) is -0.122. The van der Waals surface area contributed by atoms with Crippen molar-refractivity contribution in [2.75, 3.05) is 0 Å². The highest BCUT2D eigenvalue weighted by atomic mass is 32.2. The van der Waals surface area contributed by atoms with E-state index in [1.807, 2.05) is 12.1 Å². The molecule has 0 amide bonds. The highest BCUT2D eigenvalue weighted by Crippen LogP contribution is 2.54. The molecule has 28 heavy (non-hydrogen) atoms. The number of hydrogen-bond donors (Lipinski definition) is 2. The molecule has 3 heterocycles. The summed E-state index contributed by atoms with van der Waals surface area (Å²) >= 11 is 1.42. The second-order valence-corrected chi connectivity index (χ2v) is 7.47. The Labute approximate surface area is 162 Å². The van der Waals surface area contributed by atoms with E-state index in [1.165, 1.54) is 36.3 Å². The Morgan fingerprint density at radius 3 is 2.54 bits per heavy atom. The fourth-order valence-electron chi connectivity index (χ4n) is 3.26. The first-order chi connectivity index (χ1) is 13.4. The summed E-state index contributed by atoms with van der Waals surface area (Å²) in [4.78, 5) is 8.99. The van der Waals surface area contributed by atoms with Crippen LogP contribution in [0, 0.1) is 5.92 Å². The van der Waals surface area contributed by atoms with Crippen LogP contribution in [-0.4, -0.2) is 25.3 Å². The molecule has 0 spiro atoms. The van der Waals surface area contributed by atoms with Crippen molar-refractivity contribution in [2.45, 2.75) is 17.5 Å². The number of thioether (sulfide) groups is 1. The predicted molar refractivity (Wildman–Crippen MR) is 98.8 cm³/mol. The molecule has 3 unspecified atom stereocenters. The van der Waals surface area contributed by atoms with E-state index < -0.39 is 29.0 Å². The molecule has 144 valence electrons. The molecule has 5 nitrogen and oxygen atoms in total. The number of nitrogens with zero attached hydrogens (tertiary/aromatic N) is 3. The fourth-order valence-corrected chi connectivity index (χ4v) is 4.66. The topological polar surface area (TPSA) is 74.7 Å². The molecule has 1 aliphatic heterocycles. The van der Waals surface area contributed by atoms with Gasteiger partial charge in [-0.2, -0.15) is 18.3 Å². The third-order valence-corrected chi connectivity index (χ3v) is 5.98. The second kappa shape index (κ2) is 7.40. The third-order valence-electron chi connectivity index (χ3n) is 4.56. The maximum Gasteiger partial charge on any atom is 0.416 e. The number of aliphatic hydroxyl groups excluding tert-OH is 1. The van der Waals surface area contributed by atoms with E-state index in [-0.39, 0.29) is 5.56 Å². The smallest absolute Gasteiger partial charge is 0.388 e. The third kappa shape index (κ3) is 3.55. The van der Waals surface area contributed by atoms with Crippen LogP contribution in [0.5, 0.6) is 0 Å². The van der Waals surface area contributed by atoms with E-state index in [0.29, 0.717) is 5.82 Å². The van der Waals surface area contributed by atoms with Crippen molar-refractivity contribution < 1.29 is 18.3 Å². The lowest BCUT2D eigenvalue weighted by atomic mass is 9.89. The zero-order valence-corrected chi connectivity index (χ0v) is 15.2. The van der Waals surface area contributed by atoms with Gasteiger partial charge in [0, 0.05) is 23.2 Å². The van der Waals surface area contributed by atoms with Gasteiger partial charge in [-0.3, -0.25) is 10.1 Å². The van der Waals surface area contributed by atoms with E-state index in [1.54, 1.807) is 18.5 Å². The molecule has 3 atom stereocenters. The number of aromatic amines is 1. The van der Waals surface area contributed by atoms with Crippen LogP contribution < -0.4 is 0 Å². The van der Waals surface area contributed by atoms with Crippen LogP contribution >= 0.6 is 11.8 Å².